The number of carbonyl (C=O) groups is 1. The van der Waals surface area contributed by atoms with Crippen molar-refractivity contribution in [1.29, 1.82) is 0 Å². The molecule has 0 aliphatic carbocycles. The number of hydrogen-bond donors (Lipinski definition) is 2. The van der Waals surface area contributed by atoms with E-state index in [4.69, 9.17) is 21.1 Å². The van der Waals surface area contributed by atoms with E-state index in [1.807, 2.05) is 11.8 Å². The van der Waals surface area contributed by atoms with Crippen molar-refractivity contribution in [3.8, 4) is 22.9 Å². The molecule has 0 unspecified atom stereocenters. The number of amides is 1. The number of aromatic nitrogens is 4. The first-order valence-corrected chi connectivity index (χ1v) is 13.6. The molecule has 2 aliphatic heterocycles. The van der Waals surface area contributed by atoms with Gasteiger partial charge in [-0.25, -0.2) is 0 Å². The van der Waals surface area contributed by atoms with Crippen LogP contribution < -0.4 is 30.6 Å². The zero-order chi connectivity index (χ0) is 29.6. The topological polar surface area (TPSA) is 115 Å². The van der Waals surface area contributed by atoms with Gasteiger partial charge in [0.15, 0.2) is 17.3 Å². The highest BCUT2D eigenvalue weighted by molar-refractivity contribution is 6.33. The zero-order valence-electron chi connectivity index (χ0n) is 22.3. The van der Waals surface area contributed by atoms with E-state index in [-0.39, 0.29) is 41.2 Å². The van der Waals surface area contributed by atoms with Gasteiger partial charge >= 0.3 is 6.18 Å². The second kappa shape index (κ2) is 10.8. The van der Waals surface area contributed by atoms with Crippen LogP contribution in [0.1, 0.15) is 18.2 Å². The van der Waals surface area contributed by atoms with Crippen LogP contribution in [-0.4, -0.2) is 58.0 Å². The quantitative estimate of drug-likeness (QED) is 0.344. The predicted molar refractivity (Wildman–Crippen MR) is 148 cm³/mol. The molecule has 4 heterocycles. The monoisotopic (exact) mass is 603 g/mol. The summed E-state index contributed by atoms with van der Waals surface area (Å²) >= 11 is 6.07. The van der Waals surface area contributed by atoms with E-state index >= 15 is 0 Å². The molecule has 15 heteroatoms. The van der Waals surface area contributed by atoms with E-state index in [9.17, 15) is 22.8 Å². The average molecular weight is 604 g/mol. The Morgan fingerprint density at radius 2 is 1.88 bits per heavy atom. The number of ether oxygens (including phenoxy) is 2. The summed E-state index contributed by atoms with van der Waals surface area (Å²) in [5.41, 5.74) is 0.291. The van der Waals surface area contributed by atoms with Crippen molar-refractivity contribution in [3.63, 3.8) is 0 Å². The lowest BCUT2D eigenvalue weighted by atomic mass is 10.2. The normalized spacial score (nSPS) is 14.9. The van der Waals surface area contributed by atoms with Gasteiger partial charge in [0.1, 0.15) is 12.2 Å². The number of fused-ring (bicyclic) bond motifs is 2. The molecule has 2 N–H and O–H groups in total. The van der Waals surface area contributed by atoms with Gasteiger partial charge < -0.3 is 29.6 Å². The Labute approximate surface area is 241 Å². The third kappa shape index (κ3) is 5.11. The number of piperazine rings is 1. The highest BCUT2D eigenvalue weighted by Gasteiger charge is 2.31. The molecule has 4 aromatic rings. The summed E-state index contributed by atoms with van der Waals surface area (Å²) in [4.78, 5) is 33.8. The Bertz CT molecular complexity index is 1750. The third-order valence-electron chi connectivity index (χ3n) is 7.10. The molecule has 0 atom stereocenters. The summed E-state index contributed by atoms with van der Waals surface area (Å²) in [5.74, 6) is 0.901. The maximum Gasteiger partial charge on any atom is 0.416 e. The first-order valence-electron chi connectivity index (χ1n) is 13.2. The van der Waals surface area contributed by atoms with Gasteiger partial charge in [-0.3, -0.25) is 9.59 Å². The lowest BCUT2D eigenvalue weighted by molar-refractivity contribution is -0.137. The Balaban J connectivity index is 1.43. The number of halogens is 4. The Morgan fingerprint density at radius 3 is 2.60 bits per heavy atom. The van der Waals surface area contributed by atoms with Crippen LogP contribution >= 0.6 is 11.6 Å². The Hall–Kier alpha value is -4.30. The minimum atomic E-state index is -4.58. The summed E-state index contributed by atoms with van der Waals surface area (Å²) in [7, 11) is 0. The number of rotatable bonds is 6. The van der Waals surface area contributed by atoms with E-state index in [2.05, 4.69) is 20.7 Å². The predicted octanol–water partition coefficient (Wildman–Crippen LogP) is 3.57. The SMILES string of the molecule is CCc1c(N2CCNCC2)c(=O)n2nc(-c3ccc4c(c3)OCO4)nc2n1CC(=O)Nc1ccc(C(F)(F)F)cc1Cl. The summed E-state index contributed by atoms with van der Waals surface area (Å²) in [5, 5.41) is 10.1. The maximum absolute atomic E-state index is 13.9. The van der Waals surface area contributed by atoms with Crippen LogP contribution in [0.5, 0.6) is 11.5 Å². The van der Waals surface area contributed by atoms with E-state index in [0.717, 1.165) is 18.2 Å². The fourth-order valence-corrected chi connectivity index (χ4v) is 5.33. The average Bonchev–Trinajstić information content (AvgIpc) is 3.63. The summed E-state index contributed by atoms with van der Waals surface area (Å²) < 4.78 is 52.9. The first kappa shape index (κ1) is 27.8. The van der Waals surface area contributed by atoms with Crippen molar-refractivity contribution in [2.75, 3.05) is 43.2 Å². The van der Waals surface area contributed by atoms with Crippen LogP contribution in [0, 0.1) is 0 Å². The lowest BCUT2D eigenvalue weighted by Crippen LogP contribution is -2.47. The largest absolute Gasteiger partial charge is 0.454 e. The Kier molecular flexibility index (Phi) is 7.19. The third-order valence-corrected chi connectivity index (χ3v) is 7.41. The minimum Gasteiger partial charge on any atom is -0.454 e. The number of alkyl halides is 3. The number of nitrogens with one attached hydrogen (secondary N) is 2. The van der Waals surface area contributed by atoms with Crippen LogP contribution in [0.25, 0.3) is 17.2 Å². The molecule has 0 spiro atoms. The van der Waals surface area contributed by atoms with Crippen molar-refractivity contribution < 1.29 is 27.4 Å². The van der Waals surface area contributed by atoms with Crippen LogP contribution in [0.3, 0.4) is 0 Å². The Morgan fingerprint density at radius 1 is 1.12 bits per heavy atom. The highest BCUT2D eigenvalue weighted by Crippen LogP contribution is 2.36. The van der Waals surface area contributed by atoms with Crippen LogP contribution in [0.2, 0.25) is 5.02 Å². The van der Waals surface area contributed by atoms with Crippen LogP contribution in [-0.2, 0) is 23.9 Å². The lowest BCUT2D eigenvalue weighted by Gasteiger charge is -2.31. The fourth-order valence-electron chi connectivity index (χ4n) is 5.10. The van der Waals surface area contributed by atoms with E-state index in [1.165, 1.54) is 4.52 Å². The van der Waals surface area contributed by atoms with Gasteiger partial charge in [0.05, 0.1) is 22.0 Å². The molecule has 2 aromatic heterocycles. The van der Waals surface area contributed by atoms with Gasteiger partial charge in [-0.2, -0.15) is 22.7 Å². The molecule has 1 fully saturated rings. The molecule has 0 saturated carbocycles. The number of nitrogens with zero attached hydrogens (tertiary/aromatic N) is 5. The molecule has 11 nitrogen and oxygen atoms in total. The van der Waals surface area contributed by atoms with Gasteiger partial charge in [-0.05, 0) is 42.8 Å². The summed E-state index contributed by atoms with van der Waals surface area (Å²) in [6.07, 6.45) is -4.18. The maximum atomic E-state index is 13.9. The molecule has 42 heavy (non-hydrogen) atoms. The standard InChI is InChI=1S/C27H25ClF3N7O4/c1-2-19-23(36-9-7-32-8-10-36)25(40)38-26(34-24(35-38)15-3-6-20-21(11-15)42-14-41-20)37(19)13-22(39)33-18-5-4-16(12-17(18)28)27(29,30)31/h3-6,11-12,32H,2,7-10,13-14H2,1H3,(H,33,39). The molecule has 2 aliphatic rings. The second-order valence-corrected chi connectivity index (χ2v) is 10.1. The number of benzene rings is 2. The molecule has 0 bridgehead atoms. The first-order chi connectivity index (χ1) is 20.1. The van der Waals surface area contributed by atoms with Gasteiger partial charge in [0, 0.05) is 31.7 Å². The summed E-state index contributed by atoms with van der Waals surface area (Å²) in [6.45, 7) is 4.15. The molecule has 1 amide bonds. The zero-order valence-corrected chi connectivity index (χ0v) is 23.1. The fraction of sp³-hybridized carbons (Fsp3) is 0.333. The van der Waals surface area contributed by atoms with Crippen molar-refractivity contribution in [2.45, 2.75) is 26.1 Å². The second-order valence-electron chi connectivity index (χ2n) is 9.73. The number of carbonyl (C=O) groups excluding carboxylic acids is 1. The van der Waals surface area contributed by atoms with Crippen molar-refractivity contribution in [1.82, 2.24) is 24.5 Å². The number of anilines is 2. The molecule has 2 aromatic carbocycles. The molecular formula is C27H25ClF3N7O4. The van der Waals surface area contributed by atoms with Crippen molar-refractivity contribution in [2.24, 2.45) is 0 Å². The van der Waals surface area contributed by atoms with Crippen LogP contribution in [0.15, 0.2) is 41.2 Å². The van der Waals surface area contributed by atoms with Gasteiger partial charge in [-0.1, -0.05) is 18.5 Å². The van der Waals surface area contributed by atoms with E-state index in [1.54, 1.807) is 22.8 Å². The summed E-state index contributed by atoms with van der Waals surface area (Å²) in [6, 6.07) is 7.88. The van der Waals surface area contributed by atoms with E-state index < -0.39 is 17.6 Å². The minimum absolute atomic E-state index is 0.0228. The smallest absolute Gasteiger partial charge is 0.416 e. The van der Waals surface area contributed by atoms with Gasteiger partial charge in [0.2, 0.25) is 18.5 Å². The van der Waals surface area contributed by atoms with Gasteiger partial charge in [-0.15, -0.1) is 5.10 Å². The molecular weight excluding hydrogens is 579 g/mol. The molecule has 1 saturated heterocycles. The number of hydrogen-bond acceptors (Lipinski definition) is 8. The van der Waals surface area contributed by atoms with Crippen molar-refractivity contribution >= 4 is 34.7 Å². The highest BCUT2D eigenvalue weighted by atomic mass is 35.5. The molecule has 6 rings (SSSR count). The van der Waals surface area contributed by atoms with Crippen molar-refractivity contribution in [3.05, 3.63) is 63.0 Å². The van der Waals surface area contributed by atoms with Gasteiger partial charge in [0.25, 0.3) is 5.56 Å². The molecule has 0 radical (unpaired) electrons. The van der Waals surface area contributed by atoms with Crippen LogP contribution in [0.4, 0.5) is 24.5 Å². The molecule has 220 valence electrons. The van der Waals surface area contributed by atoms with E-state index in [0.29, 0.717) is 61.0 Å².